The van der Waals surface area contributed by atoms with Crippen molar-refractivity contribution in [3.05, 3.63) is 18.1 Å². The van der Waals surface area contributed by atoms with Crippen molar-refractivity contribution < 1.29 is 14.6 Å². The Morgan fingerprint density at radius 1 is 1.50 bits per heavy atom. The molecule has 1 heterocycles. The summed E-state index contributed by atoms with van der Waals surface area (Å²) in [5.41, 5.74) is -0.0737. The van der Waals surface area contributed by atoms with E-state index in [-0.39, 0.29) is 11.8 Å². The molecule has 1 N–H and O–H groups in total. The molecule has 0 saturated heterocycles. The smallest absolute Gasteiger partial charge is 0.356 e. The molecule has 18 heavy (non-hydrogen) atoms. The van der Waals surface area contributed by atoms with Crippen LogP contribution in [0.25, 0.3) is 0 Å². The molecule has 0 bridgehead atoms. The van der Waals surface area contributed by atoms with E-state index in [2.05, 4.69) is 16.9 Å². The van der Waals surface area contributed by atoms with Crippen LogP contribution in [0.3, 0.4) is 0 Å². The van der Waals surface area contributed by atoms with Gasteiger partial charge in [-0.25, -0.2) is 9.78 Å². The molecular formula is C13H18N2O3. The first-order valence-electron chi connectivity index (χ1n) is 6.41. The van der Waals surface area contributed by atoms with Gasteiger partial charge >= 0.3 is 5.97 Å². The molecule has 1 saturated carbocycles. The monoisotopic (exact) mass is 250 g/mol. The van der Waals surface area contributed by atoms with E-state index in [1.54, 1.807) is 0 Å². The minimum Gasteiger partial charge on any atom is -0.476 e. The summed E-state index contributed by atoms with van der Waals surface area (Å²) in [4.78, 5) is 18.6. The van der Waals surface area contributed by atoms with Crippen LogP contribution >= 0.6 is 0 Å². The van der Waals surface area contributed by atoms with E-state index in [1.807, 2.05) is 0 Å². The van der Waals surface area contributed by atoms with Gasteiger partial charge in [0.25, 0.3) is 0 Å². The molecule has 0 amide bonds. The number of carboxylic acids is 1. The molecule has 1 fully saturated rings. The highest BCUT2D eigenvalue weighted by Gasteiger charge is 2.22. The normalized spacial score (nSPS) is 23.6. The molecule has 2 unspecified atom stereocenters. The van der Waals surface area contributed by atoms with E-state index in [0.717, 1.165) is 19.3 Å². The quantitative estimate of drug-likeness (QED) is 0.888. The lowest BCUT2D eigenvalue weighted by molar-refractivity contribution is 0.0684. The zero-order chi connectivity index (χ0) is 13.0. The number of hydrogen-bond donors (Lipinski definition) is 1. The highest BCUT2D eigenvalue weighted by molar-refractivity contribution is 5.84. The molecule has 1 aliphatic carbocycles. The maximum Gasteiger partial charge on any atom is 0.356 e. The summed E-state index contributed by atoms with van der Waals surface area (Å²) >= 11 is 0. The molecule has 1 aromatic heterocycles. The zero-order valence-corrected chi connectivity index (χ0v) is 10.5. The predicted octanol–water partition coefficient (Wildman–Crippen LogP) is 2.52. The number of nitrogens with zero attached hydrogens (tertiary/aromatic N) is 2. The predicted molar refractivity (Wildman–Crippen MR) is 65.7 cm³/mol. The van der Waals surface area contributed by atoms with Crippen LogP contribution in [0.5, 0.6) is 5.88 Å². The van der Waals surface area contributed by atoms with Crippen molar-refractivity contribution in [2.75, 3.05) is 0 Å². The molecule has 98 valence electrons. The van der Waals surface area contributed by atoms with Crippen molar-refractivity contribution in [2.45, 2.75) is 45.1 Å². The van der Waals surface area contributed by atoms with Gasteiger partial charge in [0.2, 0.25) is 5.88 Å². The highest BCUT2D eigenvalue weighted by atomic mass is 16.5. The van der Waals surface area contributed by atoms with Gasteiger partial charge in [0.1, 0.15) is 6.10 Å². The SMILES string of the molecule is CCC1CCCC(Oc2cncc(C(=O)O)n2)C1. The van der Waals surface area contributed by atoms with Crippen molar-refractivity contribution in [3.8, 4) is 5.88 Å². The second kappa shape index (κ2) is 5.80. The van der Waals surface area contributed by atoms with Gasteiger partial charge in [0.15, 0.2) is 5.69 Å². The van der Waals surface area contributed by atoms with Crippen molar-refractivity contribution >= 4 is 5.97 Å². The van der Waals surface area contributed by atoms with Crippen molar-refractivity contribution in [3.63, 3.8) is 0 Å². The number of hydrogen-bond acceptors (Lipinski definition) is 4. The zero-order valence-electron chi connectivity index (χ0n) is 10.5. The molecule has 0 aromatic carbocycles. The number of carboxylic acid groups (broad SMARTS) is 1. The molecule has 2 rings (SSSR count). The van der Waals surface area contributed by atoms with Crippen LogP contribution in [0.2, 0.25) is 0 Å². The van der Waals surface area contributed by atoms with E-state index < -0.39 is 5.97 Å². The first-order valence-corrected chi connectivity index (χ1v) is 6.41. The Hall–Kier alpha value is -1.65. The minimum absolute atomic E-state index is 0.0737. The van der Waals surface area contributed by atoms with Gasteiger partial charge in [-0.2, -0.15) is 0 Å². The summed E-state index contributed by atoms with van der Waals surface area (Å²) in [7, 11) is 0. The Morgan fingerprint density at radius 3 is 3.06 bits per heavy atom. The summed E-state index contributed by atoms with van der Waals surface area (Å²) < 4.78 is 5.74. The van der Waals surface area contributed by atoms with Gasteiger partial charge in [0.05, 0.1) is 12.4 Å². The average Bonchev–Trinajstić information content (AvgIpc) is 2.39. The summed E-state index contributed by atoms with van der Waals surface area (Å²) in [6.45, 7) is 2.19. The highest BCUT2D eigenvalue weighted by Crippen LogP contribution is 2.28. The molecule has 1 aromatic rings. The Balaban J connectivity index is 2.00. The first-order chi connectivity index (χ1) is 8.69. The van der Waals surface area contributed by atoms with Gasteiger partial charge in [0, 0.05) is 0 Å². The Morgan fingerprint density at radius 2 is 2.33 bits per heavy atom. The second-order valence-electron chi connectivity index (χ2n) is 4.73. The van der Waals surface area contributed by atoms with Crippen molar-refractivity contribution in [1.29, 1.82) is 0 Å². The van der Waals surface area contributed by atoms with Gasteiger partial charge in [-0.1, -0.05) is 19.8 Å². The number of carbonyl (C=O) groups is 1. The Labute approximate surface area is 106 Å². The van der Waals surface area contributed by atoms with Crippen molar-refractivity contribution in [1.82, 2.24) is 9.97 Å². The minimum atomic E-state index is -1.08. The van der Waals surface area contributed by atoms with Crippen molar-refractivity contribution in [2.24, 2.45) is 5.92 Å². The standard InChI is InChI=1S/C13H18N2O3/c1-2-9-4-3-5-10(6-9)18-12-8-14-7-11(15-12)13(16)17/h7-10H,2-6H2,1H3,(H,16,17). The third kappa shape index (κ3) is 3.18. The Bertz CT molecular complexity index is 422. The third-order valence-corrected chi connectivity index (χ3v) is 3.43. The number of aromatic carboxylic acids is 1. The maximum atomic E-state index is 10.8. The van der Waals surface area contributed by atoms with Crippen LogP contribution in [-0.4, -0.2) is 27.1 Å². The van der Waals surface area contributed by atoms with E-state index >= 15 is 0 Å². The summed E-state index contributed by atoms with van der Waals surface area (Å²) in [5.74, 6) is -0.0564. The molecule has 0 aliphatic heterocycles. The molecule has 0 radical (unpaired) electrons. The van der Waals surface area contributed by atoms with Gasteiger partial charge in [-0.15, -0.1) is 0 Å². The Kier molecular flexibility index (Phi) is 4.12. The number of rotatable bonds is 4. The summed E-state index contributed by atoms with van der Waals surface area (Å²) in [6.07, 6.45) is 8.47. The van der Waals surface area contributed by atoms with Gasteiger partial charge in [-0.3, -0.25) is 4.98 Å². The first kappa shape index (κ1) is 12.8. The summed E-state index contributed by atoms with van der Waals surface area (Å²) in [5, 5.41) is 8.84. The van der Waals surface area contributed by atoms with Crippen LogP contribution in [0.15, 0.2) is 12.4 Å². The fourth-order valence-electron chi connectivity index (χ4n) is 2.40. The lowest BCUT2D eigenvalue weighted by Gasteiger charge is -2.28. The van der Waals surface area contributed by atoms with E-state index in [0.29, 0.717) is 11.8 Å². The van der Waals surface area contributed by atoms with Crippen LogP contribution in [-0.2, 0) is 0 Å². The van der Waals surface area contributed by atoms with E-state index in [4.69, 9.17) is 9.84 Å². The number of aromatic nitrogens is 2. The van der Waals surface area contributed by atoms with Crippen LogP contribution < -0.4 is 4.74 Å². The fraction of sp³-hybridized carbons (Fsp3) is 0.615. The van der Waals surface area contributed by atoms with E-state index in [9.17, 15) is 4.79 Å². The average molecular weight is 250 g/mol. The molecular weight excluding hydrogens is 232 g/mol. The van der Waals surface area contributed by atoms with Crippen LogP contribution in [0.1, 0.15) is 49.5 Å². The third-order valence-electron chi connectivity index (χ3n) is 3.43. The van der Waals surface area contributed by atoms with Gasteiger partial charge in [-0.05, 0) is 25.2 Å². The largest absolute Gasteiger partial charge is 0.476 e. The summed E-state index contributed by atoms with van der Waals surface area (Å²) in [6, 6.07) is 0. The van der Waals surface area contributed by atoms with Crippen LogP contribution in [0, 0.1) is 5.92 Å². The lowest BCUT2D eigenvalue weighted by atomic mass is 9.85. The second-order valence-corrected chi connectivity index (χ2v) is 4.73. The molecule has 5 nitrogen and oxygen atoms in total. The molecule has 0 spiro atoms. The fourth-order valence-corrected chi connectivity index (χ4v) is 2.40. The molecule has 5 heteroatoms. The topological polar surface area (TPSA) is 72.3 Å². The van der Waals surface area contributed by atoms with E-state index in [1.165, 1.54) is 25.2 Å². The molecule has 2 atom stereocenters. The van der Waals surface area contributed by atoms with Gasteiger partial charge < -0.3 is 9.84 Å². The molecule has 1 aliphatic rings. The maximum absolute atomic E-state index is 10.8. The van der Waals surface area contributed by atoms with Crippen LogP contribution in [0.4, 0.5) is 0 Å². The number of ether oxygens (including phenoxy) is 1. The lowest BCUT2D eigenvalue weighted by Crippen LogP contribution is -2.25.